The van der Waals surface area contributed by atoms with Gasteiger partial charge < -0.3 is 20.1 Å². The van der Waals surface area contributed by atoms with E-state index in [0.29, 0.717) is 24.2 Å². The average molecular weight is 381 g/mol. The molecule has 1 saturated heterocycles. The molecule has 4 rings (SSSR count). The van der Waals surface area contributed by atoms with Crippen molar-refractivity contribution in [3.63, 3.8) is 0 Å². The lowest BCUT2D eigenvalue weighted by molar-refractivity contribution is 0.0234. The molecule has 28 heavy (non-hydrogen) atoms. The van der Waals surface area contributed by atoms with Crippen LogP contribution in [-0.4, -0.2) is 42.3 Å². The smallest absolute Gasteiger partial charge is 0.251 e. The van der Waals surface area contributed by atoms with Crippen LogP contribution in [0.5, 0.6) is 5.75 Å². The van der Waals surface area contributed by atoms with E-state index in [1.807, 2.05) is 30.3 Å². The molecule has 1 atom stereocenters. The molecule has 6 heteroatoms. The molecule has 1 aromatic carbocycles. The van der Waals surface area contributed by atoms with Crippen molar-refractivity contribution in [1.29, 1.82) is 0 Å². The van der Waals surface area contributed by atoms with Crippen molar-refractivity contribution in [3.8, 4) is 5.75 Å². The number of rotatable bonds is 6. The number of hydrogen-bond acceptors (Lipinski definition) is 5. The normalized spacial score (nSPS) is 22.4. The monoisotopic (exact) mass is 381 g/mol. The number of benzene rings is 1. The number of aliphatic hydroxyl groups is 1. The zero-order valence-corrected chi connectivity index (χ0v) is 16.2. The first-order valence-corrected chi connectivity index (χ1v) is 9.97. The third-order valence-corrected chi connectivity index (χ3v) is 5.84. The summed E-state index contributed by atoms with van der Waals surface area (Å²) < 4.78 is 5.28. The van der Waals surface area contributed by atoms with Crippen LogP contribution in [0.15, 0.2) is 42.7 Å². The minimum Gasteiger partial charge on any atom is -0.495 e. The maximum Gasteiger partial charge on any atom is 0.251 e. The molecule has 0 radical (unpaired) electrons. The Hall–Kier alpha value is -2.60. The number of carbonyl (C=O) groups excluding carboxylic acids is 1. The van der Waals surface area contributed by atoms with Crippen LogP contribution in [-0.2, 0) is 0 Å². The van der Waals surface area contributed by atoms with Crippen molar-refractivity contribution in [2.24, 2.45) is 5.92 Å². The van der Waals surface area contributed by atoms with Gasteiger partial charge in [-0.25, -0.2) is 0 Å². The number of hydrogen-bond donors (Lipinski definition) is 2. The zero-order chi connectivity index (χ0) is 19.5. The summed E-state index contributed by atoms with van der Waals surface area (Å²) in [6.07, 6.45) is 6.93. The Balaban J connectivity index is 1.50. The van der Waals surface area contributed by atoms with E-state index in [1.165, 1.54) is 18.5 Å². The van der Waals surface area contributed by atoms with Crippen LogP contribution >= 0.6 is 0 Å². The summed E-state index contributed by atoms with van der Waals surface area (Å²) in [4.78, 5) is 19.5. The highest BCUT2D eigenvalue weighted by molar-refractivity contribution is 5.94. The van der Waals surface area contributed by atoms with Crippen LogP contribution in [0.4, 0.5) is 5.69 Å². The van der Waals surface area contributed by atoms with Crippen LogP contribution in [0.2, 0.25) is 0 Å². The lowest BCUT2D eigenvalue weighted by Crippen LogP contribution is -2.41. The number of methoxy groups -OCH3 is 1. The minimum absolute atomic E-state index is 0.109. The minimum atomic E-state index is -0.289. The molecule has 0 bridgehead atoms. The molecule has 1 aromatic heterocycles. The van der Waals surface area contributed by atoms with Crippen molar-refractivity contribution in [3.05, 3.63) is 53.9 Å². The second-order valence-electron chi connectivity index (χ2n) is 7.74. The third kappa shape index (κ3) is 3.97. The highest BCUT2D eigenvalue weighted by atomic mass is 16.5. The molecule has 2 aliphatic rings. The zero-order valence-electron chi connectivity index (χ0n) is 16.2. The van der Waals surface area contributed by atoms with Crippen LogP contribution in [0.1, 0.15) is 47.6 Å². The van der Waals surface area contributed by atoms with Gasteiger partial charge in [0.1, 0.15) is 5.75 Å². The first kappa shape index (κ1) is 18.7. The average Bonchev–Trinajstić information content (AvgIpc) is 3.25. The lowest BCUT2D eigenvalue weighted by Gasteiger charge is -2.38. The molecule has 2 aromatic rings. The number of nitrogens with one attached hydrogen (secondary N) is 1. The fourth-order valence-corrected chi connectivity index (χ4v) is 4.12. The molecule has 0 unspecified atom stereocenters. The van der Waals surface area contributed by atoms with E-state index >= 15 is 0 Å². The summed E-state index contributed by atoms with van der Waals surface area (Å²) in [7, 11) is 1.60. The SMILES string of the molecule is COc1cncc([C@@H](NC(=O)c2ccc(N3CCCC3)cc2)C2CC(O)C2)c1. The number of aromatic nitrogens is 1. The van der Waals surface area contributed by atoms with E-state index in [1.54, 1.807) is 19.5 Å². The van der Waals surface area contributed by atoms with Crippen LogP contribution < -0.4 is 15.0 Å². The molecule has 1 aliphatic carbocycles. The van der Waals surface area contributed by atoms with E-state index < -0.39 is 0 Å². The Bertz CT molecular complexity index is 812. The topological polar surface area (TPSA) is 74.7 Å². The van der Waals surface area contributed by atoms with Crippen molar-refractivity contribution < 1.29 is 14.6 Å². The number of ether oxygens (including phenoxy) is 1. The first-order chi connectivity index (χ1) is 13.6. The molecule has 2 N–H and O–H groups in total. The molecule has 6 nitrogen and oxygen atoms in total. The Kier molecular flexibility index (Phi) is 5.48. The van der Waals surface area contributed by atoms with Crippen LogP contribution in [0, 0.1) is 5.92 Å². The summed E-state index contributed by atoms with van der Waals surface area (Å²) in [6.45, 7) is 2.17. The van der Waals surface area contributed by atoms with E-state index in [0.717, 1.165) is 18.7 Å². The predicted octanol–water partition coefficient (Wildman–Crippen LogP) is 2.93. The number of anilines is 1. The fraction of sp³-hybridized carbons (Fsp3) is 0.455. The molecule has 1 saturated carbocycles. The largest absolute Gasteiger partial charge is 0.495 e. The molecule has 1 amide bonds. The maximum absolute atomic E-state index is 12.9. The summed E-state index contributed by atoms with van der Waals surface area (Å²) in [5.74, 6) is 0.741. The quantitative estimate of drug-likeness (QED) is 0.805. The molecule has 0 spiro atoms. The second-order valence-corrected chi connectivity index (χ2v) is 7.74. The maximum atomic E-state index is 12.9. The third-order valence-electron chi connectivity index (χ3n) is 5.84. The second kappa shape index (κ2) is 8.19. The fourth-order valence-electron chi connectivity index (χ4n) is 4.12. The van der Waals surface area contributed by atoms with Crippen LogP contribution in [0.25, 0.3) is 0 Å². The lowest BCUT2D eigenvalue weighted by atomic mass is 9.75. The van der Waals surface area contributed by atoms with Gasteiger partial charge in [0.25, 0.3) is 5.91 Å². The predicted molar refractivity (Wildman–Crippen MR) is 108 cm³/mol. The van der Waals surface area contributed by atoms with Crippen LogP contribution in [0.3, 0.4) is 0 Å². The number of nitrogens with zero attached hydrogens (tertiary/aromatic N) is 2. The molecular formula is C22H27N3O3. The van der Waals surface area contributed by atoms with Gasteiger partial charge in [-0.15, -0.1) is 0 Å². The Morgan fingerprint density at radius 2 is 1.93 bits per heavy atom. The highest BCUT2D eigenvalue weighted by Gasteiger charge is 2.36. The summed E-state index contributed by atoms with van der Waals surface area (Å²) in [5.41, 5.74) is 2.71. The summed E-state index contributed by atoms with van der Waals surface area (Å²) in [6, 6.07) is 9.53. The number of aliphatic hydroxyl groups excluding tert-OH is 1. The van der Waals surface area contributed by atoms with Crippen molar-refractivity contribution in [2.45, 2.75) is 37.8 Å². The molecule has 2 fully saturated rings. The Morgan fingerprint density at radius 3 is 2.57 bits per heavy atom. The van der Waals surface area contributed by atoms with Gasteiger partial charge in [0.15, 0.2) is 0 Å². The van der Waals surface area contributed by atoms with Gasteiger partial charge in [-0.2, -0.15) is 0 Å². The Labute approximate surface area is 165 Å². The van der Waals surface area contributed by atoms with Crippen molar-refractivity contribution in [1.82, 2.24) is 10.3 Å². The summed E-state index contributed by atoms with van der Waals surface area (Å²) >= 11 is 0. The summed E-state index contributed by atoms with van der Waals surface area (Å²) in [5, 5.41) is 12.9. The molecular weight excluding hydrogens is 354 g/mol. The van der Waals surface area contributed by atoms with Gasteiger partial charge in [-0.3, -0.25) is 9.78 Å². The molecule has 148 valence electrons. The highest BCUT2D eigenvalue weighted by Crippen LogP contribution is 2.38. The number of carbonyl (C=O) groups is 1. The van der Waals surface area contributed by atoms with Gasteiger partial charge in [-0.05, 0) is 67.5 Å². The number of amides is 1. The van der Waals surface area contributed by atoms with E-state index in [4.69, 9.17) is 4.74 Å². The van der Waals surface area contributed by atoms with Gasteiger partial charge in [-0.1, -0.05) is 0 Å². The first-order valence-electron chi connectivity index (χ1n) is 9.97. The van der Waals surface area contributed by atoms with Gasteiger partial charge in [0.05, 0.1) is 25.5 Å². The standard InChI is InChI=1S/C22H27N3O3/c1-28-20-12-17(13-23-14-20)21(16-10-19(26)11-16)24-22(27)15-4-6-18(7-5-15)25-8-2-3-9-25/h4-7,12-14,16,19,21,26H,2-3,8-11H2,1H3,(H,24,27)/t16?,19?,21-/m0/s1. The molecule has 2 heterocycles. The van der Waals surface area contributed by atoms with Gasteiger partial charge in [0, 0.05) is 30.5 Å². The van der Waals surface area contributed by atoms with E-state index in [2.05, 4.69) is 15.2 Å². The number of pyridine rings is 1. The van der Waals surface area contributed by atoms with Crippen molar-refractivity contribution in [2.75, 3.05) is 25.1 Å². The van der Waals surface area contributed by atoms with E-state index in [-0.39, 0.29) is 24.0 Å². The molecule has 1 aliphatic heterocycles. The van der Waals surface area contributed by atoms with E-state index in [9.17, 15) is 9.90 Å². The van der Waals surface area contributed by atoms with Gasteiger partial charge in [0.2, 0.25) is 0 Å². The van der Waals surface area contributed by atoms with Crippen molar-refractivity contribution >= 4 is 11.6 Å². The van der Waals surface area contributed by atoms with Gasteiger partial charge >= 0.3 is 0 Å². The Morgan fingerprint density at radius 1 is 1.21 bits per heavy atom.